The molecule has 1 atom stereocenters. The third-order valence-electron chi connectivity index (χ3n) is 4.65. The number of nitrogens with zero attached hydrogens (tertiary/aromatic N) is 3. The van der Waals surface area contributed by atoms with Crippen molar-refractivity contribution in [2.75, 3.05) is 19.0 Å². The molecule has 0 saturated carbocycles. The van der Waals surface area contributed by atoms with E-state index >= 15 is 0 Å². The van der Waals surface area contributed by atoms with Gasteiger partial charge in [0.1, 0.15) is 11.6 Å². The van der Waals surface area contributed by atoms with Crippen LogP contribution in [0, 0.1) is 0 Å². The van der Waals surface area contributed by atoms with Crippen molar-refractivity contribution in [3.05, 3.63) is 42.2 Å². The van der Waals surface area contributed by atoms with Crippen molar-refractivity contribution < 1.29 is 9.84 Å². The molecule has 6 heteroatoms. The number of ether oxygens (including phenoxy) is 1. The average Bonchev–Trinajstić information content (AvgIpc) is 3.10. The number of aromatic nitrogens is 3. The highest BCUT2D eigenvalue weighted by Crippen LogP contribution is 2.35. The predicted molar refractivity (Wildman–Crippen MR) is 104 cm³/mol. The summed E-state index contributed by atoms with van der Waals surface area (Å²) in [5, 5.41) is 17.3. The van der Waals surface area contributed by atoms with E-state index in [0.29, 0.717) is 5.92 Å². The zero-order valence-corrected chi connectivity index (χ0v) is 15.7. The first kappa shape index (κ1) is 18.2. The van der Waals surface area contributed by atoms with Gasteiger partial charge in [-0.05, 0) is 36.1 Å². The fourth-order valence-corrected chi connectivity index (χ4v) is 2.97. The number of aliphatic hydroxyl groups is 1. The lowest BCUT2D eigenvalue weighted by molar-refractivity contribution is 0.271. The van der Waals surface area contributed by atoms with Crippen LogP contribution in [0.25, 0.3) is 16.8 Å². The third kappa shape index (κ3) is 3.37. The number of hydrogen-bond acceptors (Lipinski definition) is 5. The van der Waals surface area contributed by atoms with Crippen LogP contribution in [-0.2, 0) is 0 Å². The molecule has 0 saturated heterocycles. The summed E-state index contributed by atoms with van der Waals surface area (Å²) in [6.45, 7) is 6.44. The van der Waals surface area contributed by atoms with Crippen molar-refractivity contribution in [1.82, 2.24) is 14.6 Å². The van der Waals surface area contributed by atoms with Crippen LogP contribution in [0.3, 0.4) is 0 Å². The van der Waals surface area contributed by atoms with Gasteiger partial charge in [-0.3, -0.25) is 0 Å². The Morgan fingerprint density at radius 2 is 2.04 bits per heavy atom. The van der Waals surface area contributed by atoms with Crippen LogP contribution >= 0.6 is 0 Å². The second-order valence-electron chi connectivity index (χ2n) is 6.67. The van der Waals surface area contributed by atoms with Crippen LogP contribution in [0.2, 0.25) is 0 Å². The topological polar surface area (TPSA) is 71.7 Å². The van der Waals surface area contributed by atoms with Gasteiger partial charge in [0.2, 0.25) is 0 Å². The third-order valence-corrected chi connectivity index (χ3v) is 4.65. The minimum absolute atomic E-state index is 0.0212. The molecular formula is C20H26N4O2. The number of hydrogen-bond donors (Lipinski definition) is 2. The SMILES string of the molecule is CCC(CO)Nc1ccnc2c(-c3cc(C(C)C)ccc3OC)cnn12. The molecular weight excluding hydrogens is 328 g/mol. The molecule has 138 valence electrons. The Balaban J connectivity index is 2.11. The Labute approximate surface area is 153 Å². The molecule has 3 aromatic rings. The zero-order valence-electron chi connectivity index (χ0n) is 15.7. The molecule has 0 aliphatic carbocycles. The molecule has 0 fully saturated rings. The molecule has 1 unspecified atom stereocenters. The fourth-order valence-electron chi connectivity index (χ4n) is 2.97. The monoisotopic (exact) mass is 354 g/mol. The van der Waals surface area contributed by atoms with Crippen molar-refractivity contribution in [3.63, 3.8) is 0 Å². The van der Waals surface area contributed by atoms with Gasteiger partial charge in [-0.2, -0.15) is 9.61 Å². The van der Waals surface area contributed by atoms with Gasteiger partial charge < -0.3 is 15.2 Å². The summed E-state index contributed by atoms with van der Waals surface area (Å²) in [6, 6.07) is 8.07. The fraction of sp³-hybridized carbons (Fsp3) is 0.400. The number of fused-ring (bicyclic) bond motifs is 1. The van der Waals surface area contributed by atoms with Crippen molar-refractivity contribution in [2.24, 2.45) is 0 Å². The number of methoxy groups -OCH3 is 1. The lowest BCUT2D eigenvalue weighted by Gasteiger charge is -2.16. The number of benzene rings is 1. The van der Waals surface area contributed by atoms with E-state index in [1.165, 1.54) is 5.56 Å². The largest absolute Gasteiger partial charge is 0.496 e. The molecule has 0 aliphatic heterocycles. The molecule has 2 N–H and O–H groups in total. The Kier molecular flexibility index (Phi) is 5.42. The molecule has 0 radical (unpaired) electrons. The maximum atomic E-state index is 9.47. The van der Waals surface area contributed by atoms with Gasteiger partial charge in [0.05, 0.1) is 31.5 Å². The smallest absolute Gasteiger partial charge is 0.165 e. The molecule has 6 nitrogen and oxygen atoms in total. The number of aliphatic hydroxyl groups excluding tert-OH is 1. The van der Waals surface area contributed by atoms with E-state index in [9.17, 15) is 5.11 Å². The summed E-state index contributed by atoms with van der Waals surface area (Å²) in [7, 11) is 1.67. The Bertz CT molecular complexity index is 885. The normalized spacial score (nSPS) is 12.5. The van der Waals surface area contributed by atoms with Crippen LogP contribution in [0.15, 0.2) is 36.7 Å². The van der Waals surface area contributed by atoms with Crippen LogP contribution in [0.1, 0.15) is 38.7 Å². The summed E-state index contributed by atoms with van der Waals surface area (Å²) in [5.74, 6) is 2.02. The first-order valence-corrected chi connectivity index (χ1v) is 8.97. The molecule has 3 rings (SSSR count). The maximum Gasteiger partial charge on any atom is 0.165 e. The number of nitrogens with one attached hydrogen (secondary N) is 1. The van der Waals surface area contributed by atoms with Gasteiger partial charge in [-0.25, -0.2) is 4.98 Å². The molecule has 0 aliphatic rings. The minimum Gasteiger partial charge on any atom is -0.496 e. The molecule has 0 amide bonds. The number of rotatable bonds is 7. The van der Waals surface area contributed by atoms with E-state index in [0.717, 1.165) is 34.8 Å². The Morgan fingerprint density at radius 1 is 1.23 bits per heavy atom. The average molecular weight is 354 g/mol. The minimum atomic E-state index is -0.0212. The summed E-state index contributed by atoms with van der Waals surface area (Å²) in [5.41, 5.74) is 3.89. The molecule has 1 aromatic carbocycles. The van der Waals surface area contributed by atoms with Crippen LogP contribution in [-0.4, -0.2) is 39.5 Å². The van der Waals surface area contributed by atoms with E-state index < -0.39 is 0 Å². The summed E-state index contributed by atoms with van der Waals surface area (Å²) in [6.07, 6.45) is 4.39. The molecule has 2 heterocycles. The first-order valence-electron chi connectivity index (χ1n) is 8.97. The summed E-state index contributed by atoms with van der Waals surface area (Å²) < 4.78 is 7.34. The highest BCUT2D eigenvalue weighted by atomic mass is 16.5. The van der Waals surface area contributed by atoms with Gasteiger partial charge >= 0.3 is 0 Å². The molecule has 0 bridgehead atoms. The highest BCUT2D eigenvalue weighted by molar-refractivity contribution is 5.82. The lowest BCUT2D eigenvalue weighted by atomic mass is 9.97. The van der Waals surface area contributed by atoms with Gasteiger partial charge in [0.15, 0.2) is 5.65 Å². The number of anilines is 1. The Hall–Kier alpha value is -2.60. The molecule has 26 heavy (non-hydrogen) atoms. The van der Waals surface area contributed by atoms with E-state index in [-0.39, 0.29) is 12.6 Å². The van der Waals surface area contributed by atoms with Crippen LogP contribution < -0.4 is 10.1 Å². The zero-order chi connectivity index (χ0) is 18.7. The van der Waals surface area contributed by atoms with Crippen molar-refractivity contribution in [2.45, 2.75) is 39.2 Å². The van der Waals surface area contributed by atoms with Gasteiger partial charge in [0, 0.05) is 11.8 Å². The van der Waals surface area contributed by atoms with Gasteiger partial charge in [0.25, 0.3) is 0 Å². The van der Waals surface area contributed by atoms with E-state index in [4.69, 9.17) is 4.74 Å². The van der Waals surface area contributed by atoms with Crippen LogP contribution in [0.4, 0.5) is 5.82 Å². The maximum absolute atomic E-state index is 9.47. The van der Waals surface area contributed by atoms with Crippen molar-refractivity contribution >= 4 is 11.5 Å². The van der Waals surface area contributed by atoms with Gasteiger partial charge in [-0.15, -0.1) is 0 Å². The molecule has 0 spiro atoms. The quantitative estimate of drug-likeness (QED) is 0.677. The van der Waals surface area contributed by atoms with E-state index in [1.54, 1.807) is 17.8 Å². The second kappa shape index (κ2) is 7.74. The van der Waals surface area contributed by atoms with Gasteiger partial charge in [-0.1, -0.05) is 26.8 Å². The van der Waals surface area contributed by atoms with Crippen molar-refractivity contribution in [1.29, 1.82) is 0 Å². The Morgan fingerprint density at radius 3 is 2.69 bits per heavy atom. The predicted octanol–water partition coefficient (Wildman–Crippen LogP) is 3.71. The first-order chi connectivity index (χ1) is 12.6. The summed E-state index contributed by atoms with van der Waals surface area (Å²) >= 11 is 0. The highest BCUT2D eigenvalue weighted by Gasteiger charge is 2.16. The van der Waals surface area contributed by atoms with E-state index in [1.807, 2.05) is 25.3 Å². The standard InChI is InChI=1S/C20H26N4O2/c1-5-15(12-25)23-19-8-9-21-20-17(11-22-24(19)20)16-10-14(13(2)3)6-7-18(16)26-4/h6-11,13,15,23,25H,5,12H2,1-4H3. The van der Waals surface area contributed by atoms with E-state index in [2.05, 4.69) is 41.4 Å². The van der Waals surface area contributed by atoms with Crippen molar-refractivity contribution in [3.8, 4) is 16.9 Å². The lowest BCUT2D eigenvalue weighted by Crippen LogP contribution is -2.24. The summed E-state index contributed by atoms with van der Waals surface area (Å²) in [4.78, 5) is 4.53. The molecule has 2 aromatic heterocycles. The second-order valence-corrected chi connectivity index (χ2v) is 6.67. The van der Waals surface area contributed by atoms with Crippen LogP contribution in [0.5, 0.6) is 5.75 Å².